The molecule has 1 aliphatic rings. The topological polar surface area (TPSA) is 75.4 Å². The number of carbonyl (C=O) groups excluding carboxylic acids is 1. The summed E-state index contributed by atoms with van der Waals surface area (Å²) in [5.41, 5.74) is 4.29. The minimum absolute atomic E-state index is 0.294. The molecule has 1 saturated heterocycles. The van der Waals surface area contributed by atoms with Gasteiger partial charge in [-0.25, -0.2) is 9.48 Å². The van der Waals surface area contributed by atoms with Crippen molar-refractivity contribution in [3.8, 4) is 5.69 Å². The molecule has 1 fully saturated rings. The molecule has 1 aliphatic heterocycles. The van der Waals surface area contributed by atoms with Crippen LogP contribution < -0.4 is 0 Å². The van der Waals surface area contributed by atoms with E-state index < -0.39 is 12.0 Å². The van der Waals surface area contributed by atoms with Crippen LogP contribution in [0.25, 0.3) is 5.69 Å². The number of aliphatic carboxylic acids is 1. The lowest BCUT2D eigenvalue weighted by atomic mass is 9.92. The molecular weight excluding hydrogens is 330 g/mol. The summed E-state index contributed by atoms with van der Waals surface area (Å²) >= 11 is 0. The van der Waals surface area contributed by atoms with Crippen LogP contribution in [0.3, 0.4) is 0 Å². The number of carboxylic acid groups (broad SMARTS) is 1. The molecule has 2 unspecified atom stereocenters. The van der Waals surface area contributed by atoms with Gasteiger partial charge in [0.1, 0.15) is 6.04 Å². The molecule has 0 spiro atoms. The zero-order valence-corrected chi connectivity index (χ0v) is 15.7. The number of aromatic nitrogens is 2. The summed E-state index contributed by atoms with van der Waals surface area (Å²) in [4.78, 5) is 26.0. The zero-order valence-electron chi connectivity index (χ0n) is 15.7. The van der Waals surface area contributed by atoms with Gasteiger partial charge < -0.3 is 10.0 Å². The Kier molecular flexibility index (Phi) is 4.85. The third-order valence-electron chi connectivity index (χ3n) is 4.97. The van der Waals surface area contributed by atoms with Gasteiger partial charge in [0.25, 0.3) is 5.91 Å². The normalized spacial score (nSPS) is 20.2. The van der Waals surface area contributed by atoms with Gasteiger partial charge in [0.05, 0.1) is 5.69 Å². The molecule has 2 heterocycles. The average Bonchev–Trinajstić information content (AvgIpc) is 2.95. The second-order valence-corrected chi connectivity index (χ2v) is 7.41. The van der Waals surface area contributed by atoms with Crippen LogP contribution in [0.2, 0.25) is 0 Å². The number of carbonyl (C=O) groups is 2. The number of aryl methyl sites for hydroxylation is 3. The monoisotopic (exact) mass is 355 g/mol. The van der Waals surface area contributed by atoms with Crippen molar-refractivity contribution in [3.63, 3.8) is 0 Å². The first kappa shape index (κ1) is 18.2. The van der Waals surface area contributed by atoms with Gasteiger partial charge in [-0.15, -0.1) is 0 Å². The maximum absolute atomic E-state index is 12.9. The van der Waals surface area contributed by atoms with E-state index in [1.54, 1.807) is 10.7 Å². The maximum atomic E-state index is 12.9. The Morgan fingerprint density at radius 1 is 1.12 bits per heavy atom. The van der Waals surface area contributed by atoms with E-state index in [1.807, 2.05) is 39.8 Å². The molecule has 0 saturated carbocycles. The third-order valence-corrected chi connectivity index (χ3v) is 4.97. The van der Waals surface area contributed by atoms with Crippen LogP contribution >= 0.6 is 0 Å². The summed E-state index contributed by atoms with van der Waals surface area (Å²) < 4.78 is 1.75. The molecule has 1 aromatic heterocycles. The van der Waals surface area contributed by atoms with E-state index in [-0.39, 0.29) is 5.91 Å². The predicted molar refractivity (Wildman–Crippen MR) is 98.6 cm³/mol. The standard InChI is InChI=1S/C20H25N3O3/c1-12-5-6-22(18(10-12)20(25)26)19(24)17-11-15(4)23(21-17)16-8-13(2)7-14(3)9-16/h7-9,11-12,18H,5-6,10H2,1-4H3,(H,25,26). The minimum atomic E-state index is -0.949. The van der Waals surface area contributed by atoms with E-state index >= 15 is 0 Å². The molecule has 2 atom stereocenters. The summed E-state index contributed by atoms with van der Waals surface area (Å²) in [7, 11) is 0. The number of hydrogen-bond donors (Lipinski definition) is 1. The van der Waals surface area contributed by atoms with Crippen molar-refractivity contribution < 1.29 is 14.7 Å². The van der Waals surface area contributed by atoms with Crippen LogP contribution in [0.4, 0.5) is 0 Å². The number of nitrogens with zero attached hydrogens (tertiary/aromatic N) is 3. The fourth-order valence-electron chi connectivity index (χ4n) is 3.68. The summed E-state index contributed by atoms with van der Waals surface area (Å²) in [5, 5.41) is 14.0. The van der Waals surface area contributed by atoms with E-state index in [4.69, 9.17) is 0 Å². The molecular formula is C20H25N3O3. The fourth-order valence-corrected chi connectivity index (χ4v) is 3.68. The lowest BCUT2D eigenvalue weighted by molar-refractivity contribution is -0.144. The molecule has 1 aromatic carbocycles. The highest BCUT2D eigenvalue weighted by atomic mass is 16.4. The Bertz CT molecular complexity index is 836. The first-order valence-electron chi connectivity index (χ1n) is 8.95. The van der Waals surface area contributed by atoms with Crippen molar-refractivity contribution in [3.05, 3.63) is 46.8 Å². The third kappa shape index (κ3) is 3.49. The van der Waals surface area contributed by atoms with Crippen LogP contribution in [-0.4, -0.2) is 44.3 Å². The number of piperidine rings is 1. The molecule has 138 valence electrons. The van der Waals surface area contributed by atoms with E-state index in [0.29, 0.717) is 24.6 Å². The molecule has 26 heavy (non-hydrogen) atoms. The predicted octanol–water partition coefficient (Wildman–Crippen LogP) is 3.12. The van der Waals surface area contributed by atoms with Gasteiger partial charge in [-0.3, -0.25) is 4.79 Å². The molecule has 3 rings (SSSR count). The maximum Gasteiger partial charge on any atom is 0.326 e. The van der Waals surface area contributed by atoms with E-state index in [9.17, 15) is 14.7 Å². The largest absolute Gasteiger partial charge is 0.480 e. The summed E-state index contributed by atoms with van der Waals surface area (Å²) in [5.74, 6) is -0.958. The quantitative estimate of drug-likeness (QED) is 0.918. The number of hydrogen-bond acceptors (Lipinski definition) is 3. The summed E-state index contributed by atoms with van der Waals surface area (Å²) in [6.45, 7) is 8.42. The number of likely N-dealkylation sites (tertiary alicyclic amines) is 1. The van der Waals surface area contributed by atoms with Crippen molar-refractivity contribution in [2.24, 2.45) is 5.92 Å². The van der Waals surface area contributed by atoms with Crippen LogP contribution in [0, 0.1) is 26.7 Å². The fraction of sp³-hybridized carbons (Fsp3) is 0.450. The second-order valence-electron chi connectivity index (χ2n) is 7.41. The van der Waals surface area contributed by atoms with Crippen molar-refractivity contribution in [2.45, 2.75) is 46.6 Å². The van der Waals surface area contributed by atoms with E-state index in [1.165, 1.54) is 4.90 Å². The Balaban J connectivity index is 1.92. The lowest BCUT2D eigenvalue weighted by Crippen LogP contribution is -2.49. The lowest BCUT2D eigenvalue weighted by Gasteiger charge is -2.35. The van der Waals surface area contributed by atoms with Gasteiger partial charge in [-0.05, 0) is 68.9 Å². The summed E-state index contributed by atoms with van der Waals surface area (Å²) in [6.07, 6.45) is 1.30. The van der Waals surface area contributed by atoms with Crippen molar-refractivity contribution in [1.82, 2.24) is 14.7 Å². The van der Waals surface area contributed by atoms with Crippen molar-refractivity contribution in [2.75, 3.05) is 6.54 Å². The highest BCUT2D eigenvalue weighted by Gasteiger charge is 2.36. The molecule has 0 radical (unpaired) electrons. The van der Waals surface area contributed by atoms with Crippen molar-refractivity contribution >= 4 is 11.9 Å². The Hall–Kier alpha value is -2.63. The van der Waals surface area contributed by atoms with Gasteiger partial charge >= 0.3 is 5.97 Å². The number of rotatable bonds is 3. The first-order chi connectivity index (χ1) is 12.3. The van der Waals surface area contributed by atoms with Gasteiger partial charge in [0.2, 0.25) is 0 Å². The molecule has 2 aromatic rings. The van der Waals surface area contributed by atoms with Gasteiger partial charge in [0, 0.05) is 12.2 Å². The van der Waals surface area contributed by atoms with Gasteiger partial charge in [-0.1, -0.05) is 13.0 Å². The number of carboxylic acids is 1. The van der Waals surface area contributed by atoms with E-state index in [0.717, 1.165) is 28.9 Å². The smallest absolute Gasteiger partial charge is 0.326 e. The molecule has 0 bridgehead atoms. The highest BCUT2D eigenvalue weighted by molar-refractivity contribution is 5.95. The zero-order chi connectivity index (χ0) is 19.0. The molecule has 1 N–H and O–H groups in total. The van der Waals surface area contributed by atoms with Gasteiger partial charge in [-0.2, -0.15) is 5.10 Å². The minimum Gasteiger partial charge on any atom is -0.480 e. The molecule has 0 aliphatic carbocycles. The van der Waals surface area contributed by atoms with Crippen LogP contribution in [0.1, 0.15) is 47.1 Å². The van der Waals surface area contributed by atoms with Crippen LogP contribution in [0.15, 0.2) is 24.3 Å². The van der Waals surface area contributed by atoms with Crippen molar-refractivity contribution in [1.29, 1.82) is 0 Å². The SMILES string of the molecule is Cc1cc(C)cc(-n2nc(C(=O)N3CCC(C)CC3C(=O)O)cc2C)c1. The Morgan fingerprint density at radius 3 is 2.38 bits per heavy atom. The number of benzene rings is 1. The first-order valence-corrected chi connectivity index (χ1v) is 8.95. The highest BCUT2D eigenvalue weighted by Crippen LogP contribution is 2.25. The average molecular weight is 355 g/mol. The van der Waals surface area contributed by atoms with Crippen LogP contribution in [-0.2, 0) is 4.79 Å². The second kappa shape index (κ2) is 6.94. The van der Waals surface area contributed by atoms with Crippen LogP contribution in [0.5, 0.6) is 0 Å². The molecule has 1 amide bonds. The van der Waals surface area contributed by atoms with Gasteiger partial charge in [0.15, 0.2) is 5.69 Å². The summed E-state index contributed by atoms with van der Waals surface area (Å²) in [6, 6.07) is 7.07. The number of amides is 1. The molecule has 6 nitrogen and oxygen atoms in total. The van der Waals surface area contributed by atoms with E-state index in [2.05, 4.69) is 11.2 Å². The Labute approximate surface area is 153 Å². The Morgan fingerprint density at radius 2 is 1.77 bits per heavy atom. The molecule has 6 heteroatoms.